The van der Waals surface area contributed by atoms with Crippen LogP contribution in [0.4, 0.5) is 10.5 Å². The molecule has 0 atom stereocenters. The van der Waals surface area contributed by atoms with Crippen molar-refractivity contribution in [1.82, 2.24) is 0 Å². The summed E-state index contributed by atoms with van der Waals surface area (Å²) >= 11 is 0. The molecule has 0 aliphatic heterocycles. The Morgan fingerprint density at radius 1 is 1.69 bits per heavy atom. The van der Waals surface area contributed by atoms with Crippen LogP contribution in [0.2, 0.25) is 0 Å². The quantitative estimate of drug-likeness (QED) is 0.750. The molecule has 13 heavy (non-hydrogen) atoms. The van der Waals surface area contributed by atoms with Gasteiger partial charge in [-0.05, 0) is 31.1 Å². The minimum Gasteiger partial charge on any atom is -0.494 e. The number of carbonyl (C=O) groups is 1. The van der Waals surface area contributed by atoms with Crippen LogP contribution in [-0.2, 0) is 0 Å². The molecule has 0 spiro atoms. The van der Waals surface area contributed by atoms with E-state index >= 15 is 0 Å². The van der Waals surface area contributed by atoms with Crippen LogP contribution in [0.15, 0.2) is 24.3 Å². The third kappa shape index (κ3) is 3.02. The molecular formula is C9H12N2O2. The Balaban J connectivity index is 2.78. The first-order chi connectivity index (χ1) is 8.12. The minimum atomic E-state index is -2.89. The van der Waals surface area contributed by atoms with E-state index in [1.165, 1.54) is 24.3 Å². The summed E-state index contributed by atoms with van der Waals surface area (Å²) in [6.45, 7) is -5.68. The van der Waals surface area contributed by atoms with E-state index in [0.29, 0.717) is 5.69 Å². The van der Waals surface area contributed by atoms with E-state index in [1.54, 1.807) is 0 Å². The normalized spacial score (nSPS) is 17.1. The standard InChI is InChI=1S/C9H12N2O2/c1-2-13-8-5-3-7(4-6-8)11-9(10)12/h3-6H,2H2,1H3,(H3,10,11,12)/i1D3,2D2. The van der Waals surface area contributed by atoms with Crippen LogP contribution in [0.5, 0.6) is 5.75 Å². The zero-order chi connectivity index (χ0) is 14.0. The molecule has 4 nitrogen and oxygen atoms in total. The number of amides is 2. The number of ether oxygens (including phenoxy) is 1. The Bertz CT molecular complexity index is 430. The molecule has 0 aliphatic rings. The third-order valence-electron chi connectivity index (χ3n) is 1.29. The Hall–Kier alpha value is -1.71. The first-order valence-electron chi connectivity index (χ1n) is 5.97. The van der Waals surface area contributed by atoms with Gasteiger partial charge in [0.15, 0.2) is 0 Å². The fourth-order valence-corrected chi connectivity index (χ4v) is 0.807. The highest BCUT2D eigenvalue weighted by Crippen LogP contribution is 2.14. The molecule has 3 N–H and O–H groups in total. The van der Waals surface area contributed by atoms with Gasteiger partial charge in [0.05, 0.1) is 9.30 Å². The van der Waals surface area contributed by atoms with Gasteiger partial charge in [-0.1, -0.05) is 0 Å². The predicted molar refractivity (Wildman–Crippen MR) is 50.8 cm³/mol. The number of benzene rings is 1. The van der Waals surface area contributed by atoms with E-state index < -0.39 is 19.4 Å². The van der Waals surface area contributed by atoms with Crippen LogP contribution < -0.4 is 15.8 Å². The smallest absolute Gasteiger partial charge is 0.316 e. The second kappa shape index (κ2) is 4.35. The van der Waals surface area contributed by atoms with Crippen LogP contribution in [0, 0.1) is 0 Å². The molecule has 0 bridgehead atoms. The van der Waals surface area contributed by atoms with E-state index in [2.05, 4.69) is 5.32 Å². The SMILES string of the molecule is [2H]C([2H])([2H])C([2H])([2H])Oc1ccc(NC(N)=O)cc1. The number of nitrogens with one attached hydrogen (secondary N) is 1. The molecular weight excluding hydrogens is 168 g/mol. The molecule has 0 fully saturated rings. The summed E-state index contributed by atoms with van der Waals surface area (Å²) in [7, 11) is 0. The Morgan fingerprint density at radius 2 is 2.38 bits per heavy atom. The lowest BCUT2D eigenvalue weighted by Crippen LogP contribution is -2.19. The van der Waals surface area contributed by atoms with Crippen molar-refractivity contribution in [1.29, 1.82) is 0 Å². The summed E-state index contributed by atoms with van der Waals surface area (Å²) in [5.74, 6) is 0.0335. The van der Waals surface area contributed by atoms with Crippen LogP contribution in [0.3, 0.4) is 0 Å². The molecule has 1 aromatic rings. The zero-order valence-corrected chi connectivity index (χ0v) is 6.70. The molecule has 0 unspecified atom stereocenters. The van der Waals surface area contributed by atoms with Crippen molar-refractivity contribution in [2.75, 3.05) is 11.9 Å². The molecule has 0 saturated heterocycles. The van der Waals surface area contributed by atoms with Gasteiger partial charge < -0.3 is 15.8 Å². The van der Waals surface area contributed by atoms with Crippen LogP contribution in [0.1, 0.15) is 13.7 Å². The monoisotopic (exact) mass is 185 g/mol. The molecule has 0 heterocycles. The summed E-state index contributed by atoms with van der Waals surface area (Å²) < 4.78 is 40.2. The summed E-state index contributed by atoms with van der Waals surface area (Å²) in [6.07, 6.45) is 0. The molecule has 1 aromatic carbocycles. The van der Waals surface area contributed by atoms with Crippen LogP contribution >= 0.6 is 0 Å². The van der Waals surface area contributed by atoms with Crippen molar-refractivity contribution in [2.45, 2.75) is 6.85 Å². The van der Waals surface area contributed by atoms with Crippen molar-refractivity contribution in [2.24, 2.45) is 5.73 Å². The highest BCUT2D eigenvalue weighted by Gasteiger charge is 1.95. The third-order valence-corrected chi connectivity index (χ3v) is 1.29. The van der Waals surface area contributed by atoms with Crippen molar-refractivity contribution in [3.8, 4) is 5.75 Å². The van der Waals surface area contributed by atoms with Crippen LogP contribution in [0.25, 0.3) is 0 Å². The minimum absolute atomic E-state index is 0.0335. The lowest BCUT2D eigenvalue weighted by Gasteiger charge is -2.04. The number of rotatable bonds is 3. The molecule has 4 heteroatoms. The molecule has 0 aromatic heterocycles. The van der Waals surface area contributed by atoms with Crippen molar-refractivity contribution in [3.05, 3.63) is 24.3 Å². The average Bonchev–Trinajstić information content (AvgIpc) is 2.18. The molecule has 0 radical (unpaired) electrons. The number of hydrogen-bond acceptors (Lipinski definition) is 2. The Kier molecular flexibility index (Phi) is 1.51. The lowest BCUT2D eigenvalue weighted by molar-refractivity contribution is 0.259. The Labute approximate surface area is 83.7 Å². The van der Waals surface area contributed by atoms with Crippen molar-refractivity contribution >= 4 is 11.7 Å². The lowest BCUT2D eigenvalue weighted by atomic mass is 10.3. The van der Waals surface area contributed by atoms with Gasteiger partial charge in [0, 0.05) is 9.80 Å². The summed E-state index contributed by atoms with van der Waals surface area (Å²) in [5.41, 5.74) is 5.30. The van der Waals surface area contributed by atoms with Gasteiger partial charge in [0.25, 0.3) is 0 Å². The second-order valence-corrected chi connectivity index (χ2v) is 2.22. The van der Waals surface area contributed by atoms with Gasteiger partial charge in [0.2, 0.25) is 0 Å². The summed E-state index contributed by atoms with van der Waals surface area (Å²) in [6, 6.07) is 4.75. The number of primary amides is 1. The highest BCUT2D eigenvalue weighted by atomic mass is 16.5. The van der Waals surface area contributed by atoms with Crippen LogP contribution in [-0.4, -0.2) is 12.6 Å². The van der Waals surface area contributed by atoms with Gasteiger partial charge >= 0.3 is 6.03 Å². The van der Waals surface area contributed by atoms with Gasteiger partial charge in [-0.3, -0.25) is 0 Å². The summed E-state index contributed by atoms with van der Waals surface area (Å²) in [4.78, 5) is 10.6. The fourth-order valence-electron chi connectivity index (χ4n) is 0.807. The molecule has 0 aliphatic carbocycles. The number of hydrogen-bond donors (Lipinski definition) is 2. The second-order valence-electron chi connectivity index (χ2n) is 2.22. The van der Waals surface area contributed by atoms with E-state index in [9.17, 15) is 4.79 Å². The number of nitrogens with two attached hydrogens (primary N) is 1. The average molecular weight is 185 g/mol. The largest absolute Gasteiger partial charge is 0.494 e. The first kappa shape index (κ1) is 4.50. The summed E-state index contributed by atoms with van der Waals surface area (Å²) in [5, 5.41) is 2.30. The molecule has 2 amide bonds. The van der Waals surface area contributed by atoms with E-state index in [0.717, 1.165) is 0 Å². The van der Waals surface area contributed by atoms with E-state index in [1.807, 2.05) is 0 Å². The van der Waals surface area contributed by atoms with Gasteiger partial charge in [-0.25, -0.2) is 4.79 Å². The van der Waals surface area contributed by atoms with E-state index in [-0.39, 0.29) is 5.75 Å². The maximum Gasteiger partial charge on any atom is 0.316 e. The number of anilines is 1. The molecule has 0 saturated carbocycles. The highest BCUT2D eigenvalue weighted by molar-refractivity contribution is 5.87. The van der Waals surface area contributed by atoms with Crippen molar-refractivity contribution in [3.63, 3.8) is 0 Å². The first-order valence-corrected chi connectivity index (χ1v) is 3.47. The maximum absolute atomic E-state index is 10.6. The number of carbonyl (C=O) groups excluding carboxylic acids is 1. The van der Waals surface area contributed by atoms with Gasteiger partial charge in [-0.2, -0.15) is 0 Å². The van der Waals surface area contributed by atoms with E-state index in [4.69, 9.17) is 17.3 Å². The molecule has 1 rings (SSSR count). The zero-order valence-electron chi connectivity index (χ0n) is 11.7. The maximum atomic E-state index is 10.6. The fraction of sp³-hybridized carbons (Fsp3) is 0.222. The van der Waals surface area contributed by atoms with Gasteiger partial charge in [0.1, 0.15) is 5.75 Å². The number of urea groups is 1. The van der Waals surface area contributed by atoms with Crippen molar-refractivity contribution < 1.29 is 16.4 Å². The molecule has 70 valence electrons. The predicted octanol–water partition coefficient (Wildman–Crippen LogP) is 1.58. The van der Waals surface area contributed by atoms with Gasteiger partial charge in [-0.15, -0.1) is 0 Å². The Morgan fingerprint density at radius 3 is 2.92 bits per heavy atom. The topological polar surface area (TPSA) is 64.3 Å².